The summed E-state index contributed by atoms with van der Waals surface area (Å²) < 4.78 is 0. The van der Waals surface area contributed by atoms with Crippen molar-refractivity contribution in [1.82, 2.24) is 0 Å². The van der Waals surface area contributed by atoms with Gasteiger partial charge in [0.1, 0.15) is 0 Å². The molecule has 85 valence electrons. The number of hydrogen-bond donors (Lipinski definition) is 0. The van der Waals surface area contributed by atoms with Crippen molar-refractivity contribution in [1.29, 1.82) is 0 Å². The molecule has 0 N–H and O–H groups in total. The van der Waals surface area contributed by atoms with Crippen LogP contribution in [0.2, 0.25) is 0 Å². The molecule has 0 aliphatic carbocycles. The summed E-state index contributed by atoms with van der Waals surface area (Å²) >= 11 is 0. The van der Waals surface area contributed by atoms with Gasteiger partial charge in [0.05, 0.1) is 0 Å². The second-order valence-corrected chi connectivity index (χ2v) is 2.15. The van der Waals surface area contributed by atoms with Gasteiger partial charge in [-0.1, -0.05) is 0 Å². The van der Waals surface area contributed by atoms with Gasteiger partial charge in [0.15, 0.2) is 0 Å². The van der Waals surface area contributed by atoms with Crippen molar-refractivity contribution in [3.05, 3.63) is 87.6 Å². The van der Waals surface area contributed by atoms with Crippen molar-refractivity contribution in [2.75, 3.05) is 0 Å². The molecule has 0 unspecified atom stereocenters. The zero-order chi connectivity index (χ0) is 8.49. The van der Waals surface area contributed by atoms with Gasteiger partial charge in [-0.3, -0.25) is 0 Å². The quantitative estimate of drug-likeness (QED) is 0.528. The molecule has 0 aliphatic rings. The maximum atomic E-state index is 2.89. The van der Waals surface area contributed by atoms with Crippen molar-refractivity contribution in [3.63, 3.8) is 0 Å². The van der Waals surface area contributed by atoms with E-state index in [-0.39, 0.29) is 68.6 Å². The molecule has 0 aliphatic heterocycles. The number of rotatable bonds is 0. The van der Waals surface area contributed by atoms with Crippen molar-refractivity contribution >= 4 is 0 Å². The Morgan fingerprint density at radius 1 is 0.500 bits per heavy atom. The molecule has 16 heavy (non-hydrogen) atoms. The summed E-state index contributed by atoms with van der Waals surface area (Å²) in [5, 5.41) is 0. The third-order valence-corrected chi connectivity index (χ3v) is 1.21. The smallest absolute Gasteiger partial charge is 0 e. The molecular formula is C14H16WY-4. The first-order valence-electron chi connectivity index (χ1n) is 3.82. The Kier molecular flexibility index (Phi) is 32.4. The standard InChI is InChI=1S/2C6H5.2CH3.W.Y/c2*1-2-4-6-5-3-1;;;;/h2*1-5H;2*1H3;;/q4*-1;;. The maximum absolute atomic E-state index is 2.89. The van der Waals surface area contributed by atoms with E-state index in [1.807, 2.05) is 60.7 Å². The molecule has 0 bridgehead atoms. The average Bonchev–Trinajstić information content (AvgIpc) is 2.24. The van der Waals surface area contributed by atoms with Gasteiger partial charge >= 0.3 is 0 Å². The number of benzene rings is 2. The Labute approximate surface area is 140 Å². The summed E-state index contributed by atoms with van der Waals surface area (Å²) in [6, 6.07) is 25.0. The van der Waals surface area contributed by atoms with E-state index in [1.165, 1.54) is 0 Å². The second kappa shape index (κ2) is 20.6. The van der Waals surface area contributed by atoms with Crippen LogP contribution in [-0.2, 0) is 53.8 Å². The van der Waals surface area contributed by atoms with Crippen molar-refractivity contribution in [2.24, 2.45) is 0 Å². The molecule has 0 heterocycles. The molecular weight excluding hydrogens is 441 g/mol. The molecule has 0 aromatic heterocycles. The van der Waals surface area contributed by atoms with Gasteiger partial charge in [0.2, 0.25) is 0 Å². The van der Waals surface area contributed by atoms with E-state index in [0.29, 0.717) is 0 Å². The third-order valence-electron chi connectivity index (χ3n) is 1.21. The number of hydrogen-bond acceptors (Lipinski definition) is 0. The summed E-state index contributed by atoms with van der Waals surface area (Å²) in [6.07, 6.45) is 0. The average molecular weight is 457 g/mol. The molecule has 0 fully saturated rings. The van der Waals surface area contributed by atoms with E-state index in [2.05, 4.69) is 12.1 Å². The fraction of sp³-hybridized carbons (Fsp3) is 0. The van der Waals surface area contributed by atoms with Crippen LogP contribution in [0.4, 0.5) is 0 Å². The first-order valence-corrected chi connectivity index (χ1v) is 3.82. The molecule has 2 rings (SSSR count). The monoisotopic (exact) mass is 457 g/mol. The van der Waals surface area contributed by atoms with Gasteiger partial charge < -0.3 is 14.9 Å². The molecule has 1 radical (unpaired) electrons. The molecule has 0 amide bonds. The van der Waals surface area contributed by atoms with Gasteiger partial charge in [0, 0.05) is 53.8 Å². The normalized spacial score (nSPS) is 6.00. The first kappa shape index (κ1) is 25.2. The molecule has 0 saturated heterocycles. The Morgan fingerprint density at radius 2 is 0.750 bits per heavy atom. The van der Waals surface area contributed by atoms with Gasteiger partial charge in [-0.2, -0.15) is 72.8 Å². The summed E-state index contributed by atoms with van der Waals surface area (Å²) in [4.78, 5) is 0. The predicted molar refractivity (Wildman–Crippen MR) is 63.4 cm³/mol. The summed E-state index contributed by atoms with van der Waals surface area (Å²) in [6.45, 7) is 0. The Bertz CT molecular complexity index is 186. The molecule has 2 aromatic carbocycles. The van der Waals surface area contributed by atoms with Crippen LogP contribution in [0, 0.1) is 27.0 Å². The summed E-state index contributed by atoms with van der Waals surface area (Å²) in [7, 11) is 0. The fourth-order valence-corrected chi connectivity index (χ4v) is 0.684. The minimum absolute atomic E-state index is 0. The van der Waals surface area contributed by atoms with Crippen LogP contribution < -0.4 is 0 Å². The molecule has 0 saturated carbocycles. The zero-order valence-corrected chi connectivity index (χ0v) is 15.5. The maximum Gasteiger partial charge on any atom is 0 e. The third kappa shape index (κ3) is 16.7. The van der Waals surface area contributed by atoms with E-state index in [0.717, 1.165) is 0 Å². The van der Waals surface area contributed by atoms with Gasteiger partial charge in [-0.05, 0) is 0 Å². The van der Waals surface area contributed by atoms with Crippen molar-refractivity contribution in [3.8, 4) is 0 Å². The van der Waals surface area contributed by atoms with Crippen LogP contribution in [0.1, 0.15) is 0 Å². The van der Waals surface area contributed by atoms with Crippen LogP contribution in [0.3, 0.4) is 0 Å². The minimum Gasteiger partial charge on any atom is -0.358 e. The van der Waals surface area contributed by atoms with Crippen molar-refractivity contribution < 1.29 is 53.8 Å². The fourth-order valence-electron chi connectivity index (χ4n) is 0.684. The molecule has 0 atom stereocenters. The van der Waals surface area contributed by atoms with E-state index < -0.39 is 0 Å². The summed E-state index contributed by atoms with van der Waals surface area (Å²) in [5.74, 6) is 0. The zero-order valence-electron chi connectivity index (χ0n) is 9.76. The molecule has 2 heteroatoms. The van der Waals surface area contributed by atoms with Gasteiger partial charge in [-0.25, -0.2) is 0 Å². The summed E-state index contributed by atoms with van der Waals surface area (Å²) in [5.41, 5.74) is 0. The SMILES string of the molecule is [CH3-].[CH3-].[W].[Y].[c-]1ccccc1.[c-]1ccccc1. The molecule has 0 nitrogen and oxygen atoms in total. The second-order valence-electron chi connectivity index (χ2n) is 2.15. The Balaban J connectivity index is -0.0000000720. The van der Waals surface area contributed by atoms with Crippen molar-refractivity contribution in [2.45, 2.75) is 0 Å². The molecule has 0 spiro atoms. The largest absolute Gasteiger partial charge is 0.358 e. The first-order chi connectivity index (χ1) is 6.00. The predicted octanol–water partition coefficient (Wildman–Crippen LogP) is 3.87. The van der Waals surface area contributed by atoms with Gasteiger partial charge in [0.25, 0.3) is 0 Å². The van der Waals surface area contributed by atoms with Gasteiger partial charge in [-0.15, -0.1) is 0 Å². The van der Waals surface area contributed by atoms with E-state index in [4.69, 9.17) is 0 Å². The molecule has 2 aromatic rings. The van der Waals surface area contributed by atoms with E-state index in [9.17, 15) is 0 Å². The minimum atomic E-state index is 0. The Morgan fingerprint density at radius 3 is 0.812 bits per heavy atom. The van der Waals surface area contributed by atoms with Crippen LogP contribution in [0.15, 0.2) is 60.7 Å². The van der Waals surface area contributed by atoms with E-state index in [1.54, 1.807) is 0 Å². The van der Waals surface area contributed by atoms with Crippen LogP contribution in [-0.4, -0.2) is 0 Å². The van der Waals surface area contributed by atoms with E-state index >= 15 is 0 Å². The van der Waals surface area contributed by atoms with Crippen LogP contribution >= 0.6 is 0 Å². The topological polar surface area (TPSA) is 0 Å². The van der Waals surface area contributed by atoms with Crippen LogP contribution in [0.25, 0.3) is 0 Å². The Hall–Kier alpha value is 0.232. The van der Waals surface area contributed by atoms with Crippen LogP contribution in [0.5, 0.6) is 0 Å².